The van der Waals surface area contributed by atoms with E-state index in [1.54, 1.807) is 36.4 Å². The summed E-state index contributed by atoms with van der Waals surface area (Å²) in [6.45, 7) is 2.32. The molecule has 0 amide bonds. The lowest BCUT2D eigenvalue weighted by Crippen LogP contribution is -2.42. The molecule has 0 bridgehead atoms. The summed E-state index contributed by atoms with van der Waals surface area (Å²) in [7, 11) is -4.05. The zero-order valence-corrected chi connectivity index (χ0v) is 20.2. The molecule has 4 rings (SSSR count). The van der Waals surface area contributed by atoms with Crippen molar-refractivity contribution in [2.75, 3.05) is 13.2 Å². The van der Waals surface area contributed by atoms with Gasteiger partial charge in [-0.15, -0.1) is 0 Å². The highest BCUT2D eigenvalue weighted by Crippen LogP contribution is 2.24. The van der Waals surface area contributed by atoms with Crippen LogP contribution in [-0.2, 0) is 32.5 Å². The number of sulfonamides is 1. The van der Waals surface area contributed by atoms with Crippen LogP contribution in [0, 0.1) is 0 Å². The number of ether oxygens (including phenoxy) is 1. The molecule has 0 aliphatic carbocycles. The Balaban J connectivity index is 1.47. The van der Waals surface area contributed by atoms with Crippen molar-refractivity contribution in [1.29, 1.82) is 0 Å². The van der Waals surface area contributed by atoms with Crippen molar-refractivity contribution in [3.63, 3.8) is 0 Å². The molecular formula is C27H30N2O5S. The smallest absolute Gasteiger partial charge is 0.322 e. The quantitative estimate of drug-likeness (QED) is 0.376. The first-order valence-electron chi connectivity index (χ1n) is 11.7. The Hall–Kier alpha value is -3.04. The van der Waals surface area contributed by atoms with Crippen molar-refractivity contribution in [3.8, 4) is 11.1 Å². The van der Waals surface area contributed by atoms with E-state index in [2.05, 4.69) is 10.0 Å². The Morgan fingerprint density at radius 1 is 0.971 bits per heavy atom. The van der Waals surface area contributed by atoms with Crippen molar-refractivity contribution in [3.05, 3.63) is 90.0 Å². The summed E-state index contributed by atoms with van der Waals surface area (Å²) in [5.41, 5.74) is 3.45. The van der Waals surface area contributed by atoms with Crippen LogP contribution in [0.1, 0.15) is 24.0 Å². The van der Waals surface area contributed by atoms with Gasteiger partial charge in [-0.25, -0.2) is 8.42 Å². The molecule has 7 nitrogen and oxygen atoms in total. The molecule has 1 aliphatic rings. The number of carbonyl (C=O) groups is 1. The maximum Gasteiger partial charge on any atom is 0.322 e. The first-order valence-corrected chi connectivity index (χ1v) is 13.2. The number of hydrogen-bond acceptors (Lipinski definition) is 5. The molecule has 0 saturated carbocycles. The third kappa shape index (κ3) is 6.99. The number of aliphatic carboxylic acids is 1. The number of hydrogen-bond donors (Lipinski definition) is 3. The van der Waals surface area contributed by atoms with Crippen molar-refractivity contribution >= 4 is 16.0 Å². The number of carboxylic acid groups (broad SMARTS) is 1. The molecule has 184 valence electrons. The fourth-order valence-electron chi connectivity index (χ4n) is 4.17. The molecule has 1 aliphatic heterocycles. The molecule has 3 aromatic carbocycles. The van der Waals surface area contributed by atoms with Crippen LogP contribution in [0.15, 0.2) is 83.8 Å². The molecule has 3 aromatic rings. The monoisotopic (exact) mass is 494 g/mol. The molecule has 35 heavy (non-hydrogen) atoms. The van der Waals surface area contributed by atoms with E-state index in [0.717, 1.165) is 48.2 Å². The average Bonchev–Trinajstić information content (AvgIpc) is 3.38. The first kappa shape index (κ1) is 25.1. The Kier molecular flexibility index (Phi) is 8.30. The van der Waals surface area contributed by atoms with E-state index in [-0.39, 0.29) is 17.4 Å². The van der Waals surface area contributed by atoms with Crippen molar-refractivity contribution < 1.29 is 23.1 Å². The molecule has 1 fully saturated rings. The molecule has 2 atom stereocenters. The molecule has 0 unspecified atom stereocenters. The van der Waals surface area contributed by atoms with Crippen LogP contribution >= 0.6 is 0 Å². The van der Waals surface area contributed by atoms with Gasteiger partial charge in [-0.3, -0.25) is 4.79 Å². The van der Waals surface area contributed by atoms with E-state index in [1.807, 2.05) is 36.4 Å². The zero-order valence-electron chi connectivity index (χ0n) is 19.4. The second-order valence-corrected chi connectivity index (χ2v) is 10.4. The van der Waals surface area contributed by atoms with E-state index in [4.69, 9.17) is 4.74 Å². The van der Waals surface area contributed by atoms with Crippen molar-refractivity contribution in [1.82, 2.24) is 10.0 Å². The Morgan fingerprint density at radius 2 is 1.69 bits per heavy atom. The molecule has 0 spiro atoms. The van der Waals surface area contributed by atoms with Crippen molar-refractivity contribution in [2.24, 2.45) is 0 Å². The number of rotatable bonds is 11. The summed E-state index contributed by atoms with van der Waals surface area (Å²) in [6, 6.07) is 22.1. The van der Waals surface area contributed by atoms with E-state index >= 15 is 0 Å². The van der Waals surface area contributed by atoms with Gasteiger partial charge < -0.3 is 15.2 Å². The predicted octanol–water partition coefficient (Wildman–Crippen LogP) is 3.60. The second kappa shape index (κ2) is 11.6. The number of carboxylic acids is 1. The lowest BCUT2D eigenvalue weighted by atomic mass is 10.0. The highest BCUT2D eigenvalue weighted by molar-refractivity contribution is 7.89. The van der Waals surface area contributed by atoms with Crippen LogP contribution < -0.4 is 10.0 Å². The van der Waals surface area contributed by atoms with Crippen LogP contribution in [-0.4, -0.2) is 44.8 Å². The first-order chi connectivity index (χ1) is 16.9. The van der Waals surface area contributed by atoms with Gasteiger partial charge in [-0.05, 0) is 59.7 Å². The minimum atomic E-state index is -4.05. The van der Waals surface area contributed by atoms with Crippen LogP contribution in [0.25, 0.3) is 11.1 Å². The average molecular weight is 495 g/mol. The van der Waals surface area contributed by atoms with E-state index in [1.165, 1.54) is 6.07 Å². The van der Waals surface area contributed by atoms with Gasteiger partial charge in [-0.1, -0.05) is 60.7 Å². The lowest BCUT2D eigenvalue weighted by Gasteiger charge is -2.16. The summed E-state index contributed by atoms with van der Waals surface area (Å²) >= 11 is 0. The van der Waals surface area contributed by atoms with E-state index in [9.17, 15) is 18.3 Å². The van der Waals surface area contributed by atoms with Gasteiger partial charge in [0.25, 0.3) is 0 Å². The highest BCUT2D eigenvalue weighted by atomic mass is 32.2. The second-order valence-electron chi connectivity index (χ2n) is 8.70. The molecule has 3 N–H and O–H groups in total. The molecule has 1 heterocycles. The summed E-state index contributed by atoms with van der Waals surface area (Å²) < 4.78 is 34.1. The fraction of sp³-hybridized carbons (Fsp3) is 0.296. The van der Waals surface area contributed by atoms with Gasteiger partial charge in [-0.2, -0.15) is 4.72 Å². The summed E-state index contributed by atoms with van der Waals surface area (Å²) in [6.07, 6.45) is 2.51. The SMILES string of the molecule is O=C(O)[C@@H](Cc1ccccc1)NS(=O)(=O)c1cccc(-c2cccc(CNC[C@@H]3CCCO3)c2)c1. The third-order valence-corrected chi connectivity index (χ3v) is 7.48. The molecule has 0 radical (unpaired) electrons. The summed E-state index contributed by atoms with van der Waals surface area (Å²) in [4.78, 5) is 11.8. The summed E-state index contributed by atoms with van der Waals surface area (Å²) in [5, 5.41) is 13.0. The predicted molar refractivity (Wildman–Crippen MR) is 134 cm³/mol. The van der Waals surface area contributed by atoms with Gasteiger partial charge in [0.05, 0.1) is 11.0 Å². The third-order valence-electron chi connectivity index (χ3n) is 6.01. The minimum absolute atomic E-state index is 0.0243. The standard InChI is InChI=1S/C27H30N2O5S/c30-27(31)26(16-20-7-2-1-3-8-20)29-35(32,33)25-13-5-11-23(17-25)22-10-4-9-21(15-22)18-28-19-24-12-6-14-34-24/h1-5,7-11,13,15,17,24,26,28-29H,6,12,14,16,18-19H2,(H,30,31)/t24-,26+/m0/s1. The minimum Gasteiger partial charge on any atom is -0.480 e. The van der Waals surface area contributed by atoms with Gasteiger partial charge in [0.2, 0.25) is 10.0 Å². The molecular weight excluding hydrogens is 464 g/mol. The van der Waals surface area contributed by atoms with Gasteiger partial charge in [0.15, 0.2) is 0 Å². The normalized spacial score (nSPS) is 16.7. The Morgan fingerprint density at radius 3 is 2.40 bits per heavy atom. The Labute approximate surface area is 206 Å². The Bertz CT molecular complexity index is 1240. The van der Waals surface area contributed by atoms with Gasteiger partial charge in [0, 0.05) is 19.7 Å². The van der Waals surface area contributed by atoms with Gasteiger partial charge >= 0.3 is 5.97 Å². The van der Waals surface area contributed by atoms with Crippen LogP contribution in [0.4, 0.5) is 0 Å². The van der Waals surface area contributed by atoms with E-state index in [0.29, 0.717) is 6.54 Å². The number of nitrogens with one attached hydrogen (secondary N) is 2. The maximum atomic E-state index is 13.1. The van der Waals surface area contributed by atoms with Crippen molar-refractivity contribution in [2.45, 2.75) is 42.8 Å². The van der Waals surface area contributed by atoms with Crippen LogP contribution in [0.5, 0.6) is 0 Å². The molecule has 0 aromatic heterocycles. The topological polar surface area (TPSA) is 105 Å². The highest BCUT2D eigenvalue weighted by Gasteiger charge is 2.26. The van der Waals surface area contributed by atoms with Crippen LogP contribution in [0.2, 0.25) is 0 Å². The molecule has 1 saturated heterocycles. The molecule has 8 heteroatoms. The van der Waals surface area contributed by atoms with Crippen LogP contribution in [0.3, 0.4) is 0 Å². The largest absolute Gasteiger partial charge is 0.480 e. The number of benzene rings is 3. The zero-order chi connectivity index (χ0) is 24.7. The van der Waals surface area contributed by atoms with Gasteiger partial charge in [0.1, 0.15) is 6.04 Å². The summed E-state index contributed by atoms with van der Waals surface area (Å²) in [5.74, 6) is -1.23. The van der Waals surface area contributed by atoms with E-state index < -0.39 is 22.0 Å². The fourth-order valence-corrected chi connectivity index (χ4v) is 5.41. The maximum absolute atomic E-state index is 13.1. The lowest BCUT2D eigenvalue weighted by molar-refractivity contribution is -0.138.